The van der Waals surface area contributed by atoms with Gasteiger partial charge in [0.1, 0.15) is 5.75 Å². The topological polar surface area (TPSA) is 71.1 Å². The van der Waals surface area contributed by atoms with E-state index in [9.17, 15) is 9.59 Å². The van der Waals surface area contributed by atoms with Crippen LogP contribution in [0, 0.1) is 5.92 Å². The van der Waals surface area contributed by atoms with E-state index in [2.05, 4.69) is 16.2 Å². The molecule has 0 fully saturated rings. The molecule has 7 nitrogen and oxygen atoms in total. The smallest absolute Gasteiger partial charge is 0.343 e. The Morgan fingerprint density at radius 1 is 0.943 bits per heavy atom. The van der Waals surface area contributed by atoms with Crippen molar-refractivity contribution in [2.75, 3.05) is 32.2 Å². The number of rotatable bonds is 8. The molecule has 0 heterocycles. The van der Waals surface area contributed by atoms with Crippen LogP contribution in [0.4, 0.5) is 16.2 Å². The fourth-order valence-corrected chi connectivity index (χ4v) is 4.52. The van der Waals surface area contributed by atoms with Gasteiger partial charge in [-0.05, 0) is 66.6 Å². The lowest BCUT2D eigenvalue weighted by atomic mass is 9.83. The molecule has 0 saturated carbocycles. The molecule has 7 heteroatoms. The first kappa shape index (κ1) is 24.3. The van der Waals surface area contributed by atoms with Gasteiger partial charge in [-0.3, -0.25) is 10.3 Å². The summed E-state index contributed by atoms with van der Waals surface area (Å²) in [6.07, 6.45) is 2.71. The van der Waals surface area contributed by atoms with E-state index in [4.69, 9.17) is 4.74 Å². The van der Waals surface area contributed by atoms with Gasteiger partial charge in [-0.1, -0.05) is 48.5 Å². The number of benzene rings is 3. The van der Waals surface area contributed by atoms with Crippen LogP contribution in [0.1, 0.15) is 17.5 Å². The minimum Gasteiger partial charge on any atom is -0.482 e. The summed E-state index contributed by atoms with van der Waals surface area (Å²) < 4.78 is 10.4. The van der Waals surface area contributed by atoms with Crippen LogP contribution in [0.15, 0.2) is 78.9 Å². The molecular formula is C28H31N3O4. The molecule has 4 rings (SSSR count). The number of anilines is 2. The number of hydrogen-bond acceptors (Lipinski definition) is 5. The van der Waals surface area contributed by atoms with Crippen LogP contribution in [0.5, 0.6) is 5.75 Å². The molecule has 0 spiro atoms. The molecule has 0 aliphatic heterocycles. The highest BCUT2D eigenvalue weighted by atomic mass is 16.6. The SMILES string of the molecule is COC(=O)COc1cccc2c1CCC(CN(C)NC(=O)N(c1ccccc1)c1ccccc1)C2. The zero-order chi connectivity index (χ0) is 24.6. The summed E-state index contributed by atoms with van der Waals surface area (Å²) >= 11 is 0. The molecule has 35 heavy (non-hydrogen) atoms. The minimum absolute atomic E-state index is 0.0928. The van der Waals surface area contributed by atoms with Gasteiger partial charge < -0.3 is 9.47 Å². The molecule has 1 atom stereocenters. The molecule has 0 saturated heterocycles. The maximum Gasteiger partial charge on any atom is 0.343 e. The van der Waals surface area contributed by atoms with Gasteiger partial charge in [0.25, 0.3) is 0 Å². The van der Waals surface area contributed by atoms with Crippen LogP contribution in [0.25, 0.3) is 0 Å². The number of nitrogens with zero attached hydrogens (tertiary/aromatic N) is 2. The average Bonchev–Trinajstić information content (AvgIpc) is 2.88. The van der Waals surface area contributed by atoms with Crippen molar-refractivity contribution in [3.05, 3.63) is 90.0 Å². The molecule has 1 aliphatic carbocycles. The number of hydrogen-bond donors (Lipinski definition) is 1. The summed E-state index contributed by atoms with van der Waals surface area (Å²) in [5.41, 5.74) is 7.02. The maximum absolute atomic E-state index is 13.3. The van der Waals surface area contributed by atoms with Gasteiger partial charge in [-0.25, -0.2) is 14.6 Å². The average molecular weight is 474 g/mol. The van der Waals surface area contributed by atoms with Crippen LogP contribution < -0.4 is 15.1 Å². The van der Waals surface area contributed by atoms with Crippen LogP contribution >= 0.6 is 0 Å². The number of nitrogens with one attached hydrogen (secondary N) is 1. The van der Waals surface area contributed by atoms with E-state index in [1.54, 1.807) is 4.90 Å². The van der Waals surface area contributed by atoms with E-state index >= 15 is 0 Å². The van der Waals surface area contributed by atoms with Crippen molar-refractivity contribution < 1.29 is 19.1 Å². The Labute approximate surface area is 206 Å². The minimum atomic E-state index is -0.395. The summed E-state index contributed by atoms with van der Waals surface area (Å²) in [6, 6.07) is 25.0. The second-order valence-corrected chi connectivity index (χ2v) is 8.67. The van der Waals surface area contributed by atoms with E-state index in [1.807, 2.05) is 84.9 Å². The van der Waals surface area contributed by atoms with Crippen LogP contribution in [0.3, 0.4) is 0 Å². The fraction of sp³-hybridized carbons (Fsp3) is 0.286. The molecule has 1 unspecified atom stereocenters. The zero-order valence-electron chi connectivity index (χ0n) is 20.1. The number of carbonyl (C=O) groups is 2. The maximum atomic E-state index is 13.3. The Balaban J connectivity index is 1.39. The van der Waals surface area contributed by atoms with Crippen LogP contribution in [-0.4, -0.2) is 44.3 Å². The van der Waals surface area contributed by atoms with E-state index in [0.29, 0.717) is 5.92 Å². The quantitative estimate of drug-likeness (QED) is 0.378. The lowest BCUT2D eigenvalue weighted by Crippen LogP contribution is -2.48. The van der Waals surface area contributed by atoms with Crippen molar-refractivity contribution in [2.24, 2.45) is 5.92 Å². The number of esters is 1. The monoisotopic (exact) mass is 473 g/mol. The first-order valence-electron chi connectivity index (χ1n) is 11.8. The number of para-hydroxylation sites is 2. The van der Waals surface area contributed by atoms with Crippen molar-refractivity contribution in [2.45, 2.75) is 19.3 Å². The van der Waals surface area contributed by atoms with Gasteiger partial charge in [0.15, 0.2) is 6.61 Å². The Kier molecular flexibility index (Phi) is 8.00. The summed E-state index contributed by atoms with van der Waals surface area (Å²) in [4.78, 5) is 26.4. The van der Waals surface area contributed by atoms with E-state index < -0.39 is 5.97 Å². The molecule has 3 aromatic rings. The molecule has 0 aromatic heterocycles. The first-order chi connectivity index (χ1) is 17.0. The van der Waals surface area contributed by atoms with E-state index in [-0.39, 0.29) is 12.6 Å². The number of carbonyl (C=O) groups excluding carboxylic acids is 2. The van der Waals surface area contributed by atoms with Gasteiger partial charge in [0, 0.05) is 13.6 Å². The van der Waals surface area contributed by atoms with Crippen molar-refractivity contribution in [1.29, 1.82) is 0 Å². The van der Waals surface area contributed by atoms with Gasteiger partial charge >= 0.3 is 12.0 Å². The summed E-state index contributed by atoms with van der Waals surface area (Å²) in [5, 5.41) is 1.87. The third-order valence-corrected chi connectivity index (χ3v) is 6.16. The van der Waals surface area contributed by atoms with E-state index in [1.165, 1.54) is 12.7 Å². The normalized spacial score (nSPS) is 14.7. The van der Waals surface area contributed by atoms with Crippen LogP contribution in [0.2, 0.25) is 0 Å². The molecule has 1 aliphatic rings. The van der Waals surface area contributed by atoms with Crippen molar-refractivity contribution in [3.8, 4) is 5.75 Å². The molecule has 3 aromatic carbocycles. The van der Waals surface area contributed by atoms with Crippen LogP contribution in [-0.2, 0) is 22.4 Å². The van der Waals surface area contributed by atoms with Crippen molar-refractivity contribution in [1.82, 2.24) is 10.4 Å². The van der Waals surface area contributed by atoms with Gasteiger partial charge in [-0.15, -0.1) is 0 Å². The lowest BCUT2D eigenvalue weighted by Gasteiger charge is -2.31. The second-order valence-electron chi connectivity index (χ2n) is 8.67. The number of hydrazine groups is 1. The fourth-order valence-electron chi connectivity index (χ4n) is 4.52. The zero-order valence-corrected chi connectivity index (χ0v) is 20.1. The number of amides is 2. The standard InChI is InChI=1S/C28H31N3O4/c1-30(29-28(33)31(23-11-5-3-6-12-23)24-13-7-4-8-14-24)19-21-16-17-25-22(18-21)10-9-15-26(25)35-20-27(32)34-2/h3-15,21H,16-20H2,1-2H3,(H,29,33). The molecule has 2 amide bonds. The molecule has 182 valence electrons. The third kappa shape index (κ3) is 6.19. The molecule has 0 radical (unpaired) electrons. The number of ether oxygens (including phenoxy) is 2. The lowest BCUT2D eigenvalue weighted by molar-refractivity contribution is -0.142. The third-order valence-electron chi connectivity index (χ3n) is 6.16. The number of methoxy groups -OCH3 is 1. The highest BCUT2D eigenvalue weighted by Crippen LogP contribution is 2.32. The summed E-state index contributed by atoms with van der Waals surface area (Å²) in [7, 11) is 3.25. The number of urea groups is 1. The summed E-state index contributed by atoms with van der Waals surface area (Å²) in [5.74, 6) is 0.730. The van der Waals surface area contributed by atoms with Crippen molar-refractivity contribution >= 4 is 23.4 Å². The Bertz CT molecular complexity index is 1100. The Hall–Kier alpha value is -3.84. The van der Waals surface area contributed by atoms with Crippen molar-refractivity contribution in [3.63, 3.8) is 0 Å². The van der Waals surface area contributed by atoms with Gasteiger partial charge in [0.05, 0.1) is 18.5 Å². The predicted octanol–water partition coefficient (Wildman–Crippen LogP) is 4.74. The Morgan fingerprint density at radius 3 is 2.23 bits per heavy atom. The van der Waals surface area contributed by atoms with Gasteiger partial charge in [-0.2, -0.15) is 0 Å². The Morgan fingerprint density at radius 2 is 1.60 bits per heavy atom. The highest BCUT2D eigenvalue weighted by molar-refractivity contribution is 5.99. The largest absolute Gasteiger partial charge is 0.482 e. The summed E-state index contributed by atoms with van der Waals surface area (Å²) in [6.45, 7) is 0.625. The second kappa shape index (κ2) is 11.5. The molecule has 1 N–H and O–H groups in total. The predicted molar refractivity (Wildman–Crippen MR) is 136 cm³/mol. The van der Waals surface area contributed by atoms with Gasteiger partial charge in [0.2, 0.25) is 0 Å². The highest BCUT2D eigenvalue weighted by Gasteiger charge is 2.25. The molecular weight excluding hydrogens is 442 g/mol. The van der Waals surface area contributed by atoms with E-state index in [0.717, 1.165) is 48.5 Å². The molecule has 0 bridgehead atoms. The first-order valence-corrected chi connectivity index (χ1v) is 11.8. The number of fused-ring (bicyclic) bond motifs is 1.